The Morgan fingerprint density at radius 1 is 1.33 bits per heavy atom. The molecule has 1 heterocycles. The second-order valence-corrected chi connectivity index (χ2v) is 4.87. The molecule has 0 aromatic heterocycles. The molecule has 1 aromatic rings. The Morgan fingerprint density at radius 3 is 2.81 bits per heavy atom. The van der Waals surface area contributed by atoms with E-state index in [4.69, 9.17) is 14.2 Å². The van der Waals surface area contributed by atoms with Crippen LogP contribution in [0.15, 0.2) is 30.5 Å². The summed E-state index contributed by atoms with van der Waals surface area (Å²) in [5.74, 6) is 1.39. The Hall–Kier alpha value is -2.17. The topological polar surface area (TPSA) is 48.0 Å². The first-order chi connectivity index (χ1) is 10.2. The molecule has 0 saturated heterocycles. The van der Waals surface area contributed by atoms with Crippen molar-refractivity contribution in [1.82, 2.24) is 4.90 Å². The Labute approximate surface area is 125 Å². The SMILES string of the molecule is CCC1CN(Cc2ccc(OC)cc2OC)C(=O)C=CO1. The first-order valence-electron chi connectivity index (χ1n) is 6.99. The van der Waals surface area contributed by atoms with Crippen molar-refractivity contribution < 1.29 is 19.0 Å². The van der Waals surface area contributed by atoms with Gasteiger partial charge in [0.25, 0.3) is 0 Å². The summed E-state index contributed by atoms with van der Waals surface area (Å²) < 4.78 is 16.1. The van der Waals surface area contributed by atoms with Crippen LogP contribution in [0.1, 0.15) is 18.9 Å². The van der Waals surface area contributed by atoms with E-state index in [2.05, 4.69) is 0 Å². The maximum absolute atomic E-state index is 12.1. The summed E-state index contributed by atoms with van der Waals surface area (Å²) in [5, 5.41) is 0. The van der Waals surface area contributed by atoms with Gasteiger partial charge in [0.1, 0.15) is 17.6 Å². The molecule has 5 heteroatoms. The number of hydrogen-bond donors (Lipinski definition) is 0. The molecule has 0 radical (unpaired) electrons. The van der Waals surface area contributed by atoms with Crippen LogP contribution in [-0.2, 0) is 16.1 Å². The number of rotatable bonds is 5. The maximum atomic E-state index is 12.1. The standard InChI is InChI=1S/C16H21NO4/c1-4-13-11-17(16(18)7-8-21-13)10-12-5-6-14(19-2)9-15(12)20-3/h5-9,13H,4,10-11H2,1-3H3. The first-order valence-corrected chi connectivity index (χ1v) is 6.99. The molecule has 0 fully saturated rings. The summed E-state index contributed by atoms with van der Waals surface area (Å²) in [4.78, 5) is 13.9. The van der Waals surface area contributed by atoms with Gasteiger partial charge in [-0.3, -0.25) is 4.79 Å². The van der Waals surface area contributed by atoms with Gasteiger partial charge in [0.05, 0.1) is 27.0 Å². The van der Waals surface area contributed by atoms with Crippen molar-refractivity contribution in [3.63, 3.8) is 0 Å². The van der Waals surface area contributed by atoms with E-state index in [1.54, 1.807) is 19.1 Å². The van der Waals surface area contributed by atoms with Crippen molar-refractivity contribution in [1.29, 1.82) is 0 Å². The van der Waals surface area contributed by atoms with E-state index in [1.807, 2.05) is 25.1 Å². The van der Waals surface area contributed by atoms with Crippen LogP contribution >= 0.6 is 0 Å². The monoisotopic (exact) mass is 291 g/mol. The highest BCUT2D eigenvalue weighted by atomic mass is 16.5. The number of nitrogens with zero attached hydrogens (tertiary/aromatic N) is 1. The molecule has 1 aliphatic rings. The molecule has 114 valence electrons. The van der Waals surface area contributed by atoms with Crippen molar-refractivity contribution in [2.24, 2.45) is 0 Å². The summed E-state index contributed by atoms with van der Waals surface area (Å²) in [5.41, 5.74) is 0.941. The molecule has 0 aliphatic carbocycles. The van der Waals surface area contributed by atoms with Crippen LogP contribution in [0.25, 0.3) is 0 Å². The minimum Gasteiger partial charge on any atom is -0.497 e. The minimum atomic E-state index is -0.0520. The lowest BCUT2D eigenvalue weighted by molar-refractivity contribution is -0.127. The summed E-state index contributed by atoms with van der Waals surface area (Å²) in [7, 11) is 3.22. The van der Waals surface area contributed by atoms with Crippen LogP contribution in [-0.4, -0.2) is 37.7 Å². The normalized spacial score (nSPS) is 18.1. The average Bonchev–Trinajstić information content (AvgIpc) is 2.69. The lowest BCUT2D eigenvalue weighted by Gasteiger charge is -2.24. The zero-order chi connectivity index (χ0) is 15.2. The second-order valence-electron chi connectivity index (χ2n) is 4.87. The van der Waals surface area contributed by atoms with E-state index >= 15 is 0 Å². The Bertz CT molecular complexity index is 527. The molecule has 1 amide bonds. The van der Waals surface area contributed by atoms with Crippen molar-refractivity contribution in [3.05, 3.63) is 36.1 Å². The molecule has 2 rings (SSSR count). The van der Waals surface area contributed by atoms with E-state index in [0.717, 1.165) is 17.7 Å². The number of carbonyl (C=O) groups excluding carboxylic acids is 1. The first kappa shape index (κ1) is 15.2. The molecular formula is C16H21NO4. The molecular weight excluding hydrogens is 270 g/mol. The number of ether oxygens (including phenoxy) is 3. The Balaban J connectivity index is 2.19. The lowest BCUT2D eigenvalue weighted by Crippen LogP contribution is -2.34. The fourth-order valence-electron chi connectivity index (χ4n) is 2.25. The smallest absolute Gasteiger partial charge is 0.250 e. The number of carbonyl (C=O) groups is 1. The van der Waals surface area contributed by atoms with Gasteiger partial charge in [0.15, 0.2) is 0 Å². The second kappa shape index (κ2) is 7.02. The summed E-state index contributed by atoms with van der Waals surface area (Å²) in [6.45, 7) is 3.09. The average molecular weight is 291 g/mol. The van der Waals surface area contributed by atoms with Gasteiger partial charge >= 0.3 is 0 Å². The third-order valence-corrected chi connectivity index (χ3v) is 3.53. The quantitative estimate of drug-likeness (QED) is 0.835. The van der Waals surface area contributed by atoms with E-state index in [9.17, 15) is 4.79 Å². The van der Waals surface area contributed by atoms with Crippen molar-refractivity contribution in [2.75, 3.05) is 20.8 Å². The molecule has 1 atom stereocenters. The van der Waals surface area contributed by atoms with Gasteiger partial charge in [-0.15, -0.1) is 0 Å². The summed E-state index contributed by atoms with van der Waals surface area (Å²) in [6.07, 6.45) is 3.83. The van der Waals surface area contributed by atoms with E-state index in [-0.39, 0.29) is 12.0 Å². The maximum Gasteiger partial charge on any atom is 0.250 e. The van der Waals surface area contributed by atoms with Gasteiger partial charge in [-0.25, -0.2) is 0 Å². The molecule has 1 aromatic carbocycles. The third kappa shape index (κ3) is 3.68. The highest BCUT2D eigenvalue weighted by Crippen LogP contribution is 2.26. The zero-order valence-corrected chi connectivity index (χ0v) is 12.7. The molecule has 0 N–H and O–H groups in total. The molecule has 1 aliphatic heterocycles. The van der Waals surface area contributed by atoms with Gasteiger partial charge in [-0.05, 0) is 18.6 Å². The van der Waals surface area contributed by atoms with Crippen LogP contribution in [0.5, 0.6) is 11.5 Å². The molecule has 21 heavy (non-hydrogen) atoms. The fourth-order valence-corrected chi connectivity index (χ4v) is 2.25. The fraction of sp³-hybridized carbons (Fsp3) is 0.438. The lowest BCUT2D eigenvalue weighted by atomic mass is 10.1. The van der Waals surface area contributed by atoms with E-state index in [1.165, 1.54) is 12.3 Å². The van der Waals surface area contributed by atoms with Gasteiger partial charge in [-0.1, -0.05) is 6.92 Å². The highest BCUT2D eigenvalue weighted by Gasteiger charge is 2.21. The minimum absolute atomic E-state index is 0.0249. The Kier molecular flexibility index (Phi) is 5.09. The Morgan fingerprint density at radius 2 is 2.14 bits per heavy atom. The predicted molar refractivity (Wildman–Crippen MR) is 79.3 cm³/mol. The van der Waals surface area contributed by atoms with Crippen LogP contribution in [0.3, 0.4) is 0 Å². The number of methoxy groups -OCH3 is 2. The van der Waals surface area contributed by atoms with Crippen LogP contribution in [0.2, 0.25) is 0 Å². The van der Waals surface area contributed by atoms with Crippen LogP contribution < -0.4 is 9.47 Å². The van der Waals surface area contributed by atoms with E-state index < -0.39 is 0 Å². The zero-order valence-electron chi connectivity index (χ0n) is 12.7. The van der Waals surface area contributed by atoms with Gasteiger partial charge in [-0.2, -0.15) is 0 Å². The third-order valence-electron chi connectivity index (χ3n) is 3.53. The van der Waals surface area contributed by atoms with Crippen molar-refractivity contribution >= 4 is 5.91 Å². The number of hydrogen-bond acceptors (Lipinski definition) is 4. The molecule has 1 unspecified atom stereocenters. The van der Waals surface area contributed by atoms with Crippen molar-refractivity contribution in [2.45, 2.75) is 26.0 Å². The molecule has 5 nitrogen and oxygen atoms in total. The molecule has 0 bridgehead atoms. The van der Waals surface area contributed by atoms with Gasteiger partial charge < -0.3 is 19.1 Å². The summed E-state index contributed by atoms with van der Waals surface area (Å²) in [6, 6.07) is 5.60. The van der Waals surface area contributed by atoms with Crippen molar-refractivity contribution in [3.8, 4) is 11.5 Å². The predicted octanol–water partition coefficient (Wildman–Crippen LogP) is 2.35. The summed E-state index contributed by atoms with van der Waals surface area (Å²) >= 11 is 0. The largest absolute Gasteiger partial charge is 0.497 e. The van der Waals surface area contributed by atoms with E-state index in [0.29, 0.717) is 18.8 Å². The molecule has 0 saturated carbocycles. The van der Waals surface area contributed by atoms with Gasteiger partial charge in [0, 0.05) is 24.3 Å². The van der Waals surface area contributed by atoms with Crippen LogP contribution in [0.4, 0.5) is 0 Å². The highest BCUT2D eigenvalue weighted by molar-refractivity contribution is 5.87. The number of benzene rings is 1. The van der Waals surface area contributed by atoms with Crippen LogP contribution in [0, 0.1) is 0 Å². The number of amides is 1. The molecule has 0 spiro atoms. The van der Waals surface area contributed by atoms with Gasteiger partial charge in [0.2, 0.25) is 5.91 Å².